The molecule has 2 rings (SSSR count). The predicted molar refractivity (Wildman–Crippen MR) is 56.9 cm³/mol. The number of pyridine rings is 1. The molecule has 0 spiro atoms. The fourth-order valence-electron chi connectivity index (χ4n) is 1.76. The Bertz CT molecular complexity index is 343. The van der Waals surface area contributed by atoms with Gasteiger partial charge in [-0.3, -0.25) is 9.88 Å². The molecule has 1 aromatic heterocycles. The van der Waals surface area contributed by atoms with Crippen molar-refractivity contribution in [2.45, 2.75) is 12.6 Å². The highest BCUT2D eigenvalue weighted by Gasteiger charge is 2.21. The number of nitrogens with zero attached hydrogens (tertiary/aromatic N) is 3. The van der Waals surface area contributed by atoms with Gasteiger partial charge in [-0.1, -0.05) is 6.07 Å². The molecule has 1 aliphatic rings. The van der Waals surface area contributed by atoms with E-state index in [-0.39, 0.29) is 6.04 Å². The van der Waals surface area contributed by atoms with Crippen molar-refractivity contribution in [1.82, 2.24) is 15.2 Å². The second-order valence-corrected chi connectivity index (χ2v) is 3.64. The van der Waals surface area contributed by atoms with Crippen LogP contribution in [0.4, 0.5) is 0 Å². The fraction of sp³-hybridized carbons (Fsp3) is 0.455. The van der Waals surface area contributed by atoms with Crippen LogP contribution in [-0.2, 0) is 6.54 Å². The Morgan fingerprint density at radius 3 is 3.27 bits per heavy atom. The third-order valence-corrected chi connectivity index (χ3v) is 2.59. The van der Waals surface area contributed by atoms with Crippen LogP contribution < -0.4 is 5.32 Å². The highest BCUT2D eigenvalue weighted by molar-refractivity contribution is 5.05. The first kappa shape index (κ1) is 10.1. The maximum atomic E-state index is 8.99. The maximum absolute atomic E-state index is 8.99. The van der Waals surface area contributed by atoms with Gasteiger partial charge in [0.25, 0.3) is 0 Å². The molecule has 1 N–H and O–H groups in total. The Morgan fingerprint density at radius 2 is 2.53 bits per heavy atom. The van der Waals surface area contributed by atoms with Crippen molar-refractivity contribution in [2.24, 2.45) is 0 Å². The average Bonchev–Trinajstić information content (AvgIpc) is 2.31. The van der Waals surface area contributed by atoms with Crippen molar-refractivity contribution in [3.8, 4) is 6.07 Å². The number of hydrogen-bond donors (Lipinski definition) is 1. The number of nitriles is 1. The fourth-order valence-corrected chi connectivity index (χ4v) is 1.76. The summed E-state index contributed by atoms with van der Waals surface area (Å²) in [6, 6.07) is 8.16. The van der Waals surface area contributed by atoms with Crippen LogP contribution in [0.15, 0.2) is 24.4 Å². The lowest BCUT2D eigenvalue weighted by Crippen LogP contribution is -2.50. The Hall–Kier alpha value is -1.44. The molecule has 1 aliphatic heterocycles. The molecule has 2 heterocycles. The van der Waals surface area contributed by atoms with Gasteiger partial charge in [0.1, 0.15) is 6.04 Å². The summed E-state index contributed by atoms with van der Waals surface area (Å²) in [6.07, 6.45) is 1.79. The van der Waals surface area contributed by atoms with Gasteiger partial charge in [0.05, 0.1) is 11.8 Å². The third kappa shape index (κ3) is 2.52. The van der Waals surface area contributed by atoms with E-state index in [1.807, 2.05) is 18.2 Å². The summed E-state index contributed by atoms with van der Waals surface area (Å²) in [6.45, 7) is 3.38. The van der Waals surface area contributed by atoms with Gasteiger partial charge in [-0.2, -0.15) is 5.26 Å². The van der Waals surface area contributed by atoms with Crippen molar-refractivity contribution in [3.05, 3.63) is 30.1 Å². The van der Waals surface area contributed by atoms with Crippen LogP contribution in [0.1, 0.15) is 5.69 Å². The number of piperazine rings is 1. The lowest BCUT2D eigenvalue weighted by molar-refractivity contribution is 0.187. The molecule has 1 unspecified atom stereocenters. The lowest BCUT2D eigenvalue weighted by Gasteiger charge is -2.31. The largest absolute Gasteiger partial charge is 0.313 e. The molecule has 4 heteroatoms. The Kier molecular flexibility index (Phi) is 3.28. The summed E-state index contributed by atoms with van der Waals surface area (Å²) in [5.74, 6) is 0. The predicted octanol–water partition coefficient (Wildman–Crippen LogP) is 0.379. The molecule has 15 heavy (non-hydrogen) atoms. The normalized spacial score (nSPS) is 22.2. The second-order valence-electron chi connectivity index (χ2n) is 3.64. The summed E-state index contributed by atoms with van der Waals surface area (Å²) >= 11 is 0. The molecular formula is C11H14N4. The van der Waals surface area contributed by atoms with E-state index in [0.29, 0.717) is 0 Å². The van der Waals surface area contributed by atoms with E-state index in [4.69, 9.17) is 5.26 Å². The van der Waals surface area contributed by atoms with Crippen LogP contribution in [0.5, 0.6) is 0 Å². The minimum absolute atomic E-state index is 0.0271. The van der Waals surface area contributed by atoms with E-state index >= 15 is 0 Å². The molecule has 0 aromatic carbocycles. The Balaban J connectivity index is 2.01. The number of rotatable bonds is 2. The van der Waals surface area contributed by atoms with Gasteiger partial charge < -0.3 is 5.32 Å². The monoisotopic (exact) mass is 202 g/mol. The second kappa shape index (κ2) is 4.87. The highest BCUT2D eigenvalue weighted by atomic mass is 15.2. The molecule has 0 bridgehead atoms. The molecule has 4 nitrogen and oxygen atoms in total. The van der Waals surface area contributed by atoms with Crippen molar-refractivity contribution >= 4 is 0 Å². The number of hydrogen-bond acceptors (Lipinski definition) is 4. The first-order valence-corrected chi connectivity index (χ1v) is 5.14. The number of nitrogens with one attached hydrogen (secondary N) is 1. The minimum Gasteiger partial charge on any atom is -0.313 e. The van der Waals surface area contributed by atoms with Gasteiger partial charge in [-0.25, -0.2) is 0 Å². The molecule has 0 amide bonds. The van der Waals surface area contributed by atoms with Crippen LogP contribution in [0.3, 0.4) is 0 Å². The lowest BCUT2D eigenvalue weighted by atomic mass is 10.2. The van der Waals surface area contributed by atoms with E-state index in [9.17, 15) is 0 Å². The van der Waals surface area contributed by atoms with Crippen molar-refractivity contribution in [1.29, 1.82) is 5.26 Å². The average molecular weight is 202 g/mol. The van der Waals surface area contributed by atoms with Crippen molar-refractivity contribution in [2.75, 3.05) is 19.6 Å². The molecule has 0 radical (unpaired) electrons. The van der Waals surface area contributed by atoms with Crippen LogP contribution >= 0.6 is 0 Å². The van der Waals surface area contributed by atoms with Gasteiger partial charge in [-0.15, -0.1) is 0 Å². The third-order valence-electron chi connectivity index (χ3n) is 2.59. The molecule has 1 saturated heterocycles. The zero-order chi connectivity index (χ0) is 10.5. The summed E-state index contributed by atoms with van der Waals surface area (Å²) in [4.78, 5) is 6.44. The van der Waals surface area contributed by atoms with Gasteiger partial charge in [0, 0.05) is 32.4 Å². The van der Waals surface area contributed by atoms with Crippen LogP contribution in [0.2, 0.25) is 0 Å². The van der Waals surface area contributed by atoms with Crippen LogP contribution in [0.25, 0.3) is 0 Å². The summed E-state index contributed by atoms with van der Waals surface area (Å²) in [5.41, 5.74) is 1.03. The summed E-state index contributed by atoms with van der Waals surface area (Å²) in [5, 5.41) is 12.2. The SMILES string of the molecule is N#CC1CNCCN1Cc1ccccn1. The number of aromatic nitrogens is 1. The van der Waals surface area contributed by atoms with E-state index in [1.165, 1.54) is 0 Å². The van der Waals surface area contributed by atoms with Gasteiger partial charge in [0.2, 0.25) is 0 Å². The first-order chi connectivity index (χ1) is 7.40. The van der Waals surface area contributed by atoms with Gasteiger partial charge in [-0.05, 0) is 12.1 Å². The molecule has 1 aromatic rings. The van der Waals surface area contributed by atoms with Crippen molar-refractivity contribution < 1.29 is 0 Å². The molecule has 1 atom stereocenters. The van der Waals surface area contributed by atoms with Gasteiger partial charge in [0.15, 0.2) is 0 Å². The van der Waals surface area contributed by atoms with E-state index in [0.717, 1.165) is 31.9 Å². The van der Waals surface area contributed by atoms with Gasteiger partial charge >= 0.3 is 0 Å². The molecule has 0 aliphatic carbocycles. The minimum atomic E-state index is -0.0271. The molecule has 0 saturated carbocycles. The van der Waals surface area contributed by atoms with Crippen molar-refractivity contribution in [3.63, 3.8) is 0 Å². The Labute approximate surface area is 89.5 Å². The Morgan fingerprint density at radius 1 is 1.60 bits per heavy atom. The molecule has 1 fully saturated rings. The highest BCUT2D eigenvalue weighted by Crippen LogP contribution is 2.07. The van der Waals surface area contributed by atoms with Crippen LogP contribution in [0, 0.1) is 11.3 Å². The smallest absolute Gasteiger partial charge is 0.111 e. The maximum Gasteiger partial charge on any atom is 0.111 e. The van der Waals surface area contributed by atoms with E-state index < -0.39 is 0 Å². The summed E-state index contributed by atoms with van der Waals surface area (Å²) in [7, 11) is 0. The standard InChI is InChI=1S/C11H14N4/c12-7-11-8-13-5-6-15(11)9-10-3-1-2-4-14-10/h1-4,11,13H,5-6,8-9H2. The van der Waals surface area contributed by atoms with Crippen LogP contribution in [-0.4, -0.2) is 35.6 Å². The summed E-state index contributed by atoms with van der Waals surface area (Å²) < 4.78 is 0. The zero-order valence-corrected chi connectivity index (χ0v) is 8.56. The van der Waals surface area contributed by atoms with E-state index in [1.54, 1.807) is 6.20 Å². The molecule has 78 valence electrons. The first-order valence-electron chi connectivity index (χ1n) is 5.14. The quantitative estimate of drug-likeness (QED) is 0.753. The van der Waals surface area contributed by atoms with E-state index in [2.05, 4.69) is 21.3 Å². The zero-order valence-electron chi connectivity index (χ0n) is 8.56. The topological polar surface area (TPSA) is 52.0 Å². The molecular weight excluding hydrogens is 188 g/mol.